The van der Waals surface area contributed by atoms with Gasteiger partial charge in [-0.2, -0.15) is 0 Å². The topological polar surface area (TPSA) is 3.24 Å². The summed E-state index contributed by atoms with van der Waals surface area (Å²) in [6.45, 7) is 14.5. The van der Waals surface area contributed by atoms with Crippen molar-refractivity contribution in [1.82, 2.24) is 0 Å². The van der Waals surface area contributed by atoms with Crippen molar-refractivity contribution in [1.29, 1.82) is 0 Å². The van der Waals surface area contributed by atoms with Crippen molar-refractivity contribution >= 4 is 17.1 Å². The molecule has 0 saturated carbocycles. The summed E-state index contributed by atoms with van der Waals surface area (Å²) >= 11 is 0. The molecule has 0 unspecified atom stereocenters. The number of anilines is 3. The van der Waals surface area contributed by atoms with E-state index in [0.717, 1.165) is 0 Å². The highest BCUT2D eigenvalue weighted by atomic mass is 15.2. The minimum absolute atomic E-state index is 0.120. The highest BCUT2D eigenvalue weighted by molar-refractivity contribution is 6.00. The van der Waals surface area contributed by atoms with Crippen molar-refractivity contribution in [3.8, 4) is 44.5 Å². The molecule has 7 aromatic rings. The first-order valence-electron chi connectivity index (χ1n) is 18.7. The van der Waals surface area contributed by atoms with Crippen LogP contribution in [0.3, 0.4) is 0 Å². The Morgan fingerprint density at radius 3 is 1.38 bits per heavy atom. The average Bonchev–Trinajstić information content (AvgIpc) is 3.65. The third kappa shape index (κ3) is 4.11. The quantitative estimate of drug-likeness (QED) is 0.180. The van der Waals surface area contributed by atoms with Crippen LogP contribution in [-0.2, 0) is 16.2 Å². The summed E-state index contributed by atoms with van der Waals surface area (Å²) in [6.07, 6.45) is 0. The predicted octanol–water partition coefficient (Wildman–Crippen LogP) is 13.7. The second kappa shape index (κ2) is 10.7. The molecule has 0 saturated heterocycles. The third-order valence-corrected chi connectivity index (χ3v) is 12.6. The van der Waals surface area contributed by atoms with Crippen LogP contribution in [0.2, 0.25) is 0 Å². The van der Waals surface area contributed by atoms with Gasteiger partial charge >= 0.3 is 0 Å². The fourth-order valence-electron chi connectivity index (χ4n) is 10.1. The van der Waals surface area contributed by atoms with Crippen LogP contribution in [0.25, 0.3) is 44.5 Å². The Hall–Kier alpha value is -5.66. The lowest BCUT2D eigenvalue weighted by molar-refractivity contribution is 0.640. The molecule has 0 aliphatic heterocycles. The van der Waals surface area contributed by atoms with Gasteiger partial charge in [-0.15, -0.1) is 0 Å². The summed E-state index contributed by atoms with van der Waals surface area (Å²) in [5.41, 5.74) is 22.0. The normalized spacial score (nSPS) is 16.0. The van der Waals surface area contributed by atoms with Gasteiger partial charge in [0.15, 0.2) is 0 Å². The molecular weight excluding hydrogens is 627 g/mol. The maximum Gasteiger partial charge on any atom is 0.0555 e. The molecule has 7 aromatic carbocycles. The van der Waals surface area contributed by atoms with E-state index in [1.54, 1.807) is 0 Å². The van der Waals surface area contributed by atoms with Crippen molar-refractivity contribution in [3.63, 3.8) is 0 Å². The Morgan fingerprint density at radius 1 is 0.327 bits per heavy atom. The van der Waals surface area contributed by atoms with Crippen LogP contribution in [-0.4, -0.2) is 0 Å². The minimum Gasteiger partial charge on any atom is -0.310 e. The molecule has 0 heterocycles. The molecule has 0 aromatic heterocycles. The van der Waals surface area contributed by atoms with Crippen molar-refractivity contribution in [2.24, 2.45) is 0 Å². The van der Waals surface area contributed by atoms with E-state index in [1.165, 1.54) is 95.0 Å². The van der Waals surface area contributed by atoms with E-state index in [1.807, 2.05) is 0 Å². The first-order valence-corrected chi connectivity index (χ1v) is 18.7. The van der Waals surface area contributed by atoms with Gasteiger partial charge in [-0.3, -0.25) is 0 Å². The zero-order valence-electron chi connectivity index (χ0n) is 30.9. The molecule has 0 fully saturated rings. The number of rotatable bonds is 4. The van der Waals surface area contributed by atoms with E-state index < -0.39 is 0 Å². The van der Waals surface area contributed by atoms with Gasteiger partial charge in [0.05, 0.1) is 5.69 Å². The second-order valence-corrected chi connectivity index (χ2v) is 16.6. The van der Waals surface area contributed by atoms with Gasteiger partial charge in [0.2, 0.25) is 0 Å². The average molecular weight is 670 g/mol. The fraction of sp³-hybridized carbons (Fsp3) is 0.176. The van der Waals surface area contributed by atoms with E-state index in [9.17, 15) is 0 Å². The monoisotopic (exact) mass is 669 g/mol. The van der Waals surface area contributed by atoms with Crippen molar-refractivity contribution in [2.75, 3.05) is 4.90 Å². The maximum atomic E-state index is 2.63. The smallest absolute Gasteiger partial charge is 0.0555 e. The lowest BCUT2D eigenvalue weighted by Gasteiger charge is -2.37. The van der Waals surface area contributed by atoms with E-state index in [2.05, 4.69) is 198 Å². The molecule has 0 amide bonds. The van der Waals surface area contributed by atoms with Gasteiger partial charge in [0.25, 0.3) is 0 Å². The lowest BCUT2D eigenvalue weighted by Crippen LogP contribution is -2.26. The number of fused-ring (bicyclic) bond motifs is 9. The summed E-state index contributed by atoms with van der Waals surface area (Å²) in [6, 6.07) is 56.9. The molecule has 0 bridgehead atoms. The Bertz CT molecular complexity index is 2520. The molecule has 0 N–H and O–H groups in total. The molecule has 3 aliphatic rings. The summed E-state index contributed by atoms with van der Waals surface area (Å²) in [5, 5.41) is 0. The molecule has 0 radical (unpaired) electrons. The van der Waals surface area contributed by atoms with E-state index in [4.69, 9.17) is 0 Å². The van der Waals surface area contributed by atoms with Gasteiger partial charge in [-0.1, -0.05) is 163 Å². The van der Waals surface area contributed by atoms with E-state index in [0.29, 0.717) is 0 Å². The van der Waals surface area contributed by atoms with Gasteiger partial charge in [0, 0.05) is 27.6 Å². The molecule has 0 spiro atoms. The van der Waals surface area contributed by atoms with Gasteiger partial charge in [-0.25, -0.2) is 0 Å². The summed E-state index contributed by atoms with van der Waals surface area (Å²) in [7, 11) is 0. The molecule has 10 rings (SSSR count). The molecule has 1 heteroatoms. The zero-order chi connectivity index (χ0) is 35.6. The van der Waals surface area contributed by atoms with Crippen LogP contribution in [0, 0.1) is 0 Å². The molecule has 252 valence electrons. The Kier molecular flexibility index (Phi) is 6.39. The number of hydrogen-bond donors (Lipinski definition) is 0. The van der Waals surface area contributed by atoms with Crippen LogP contribution in [0.5, 0.6) is 0 Å². The van der Waals surface area contributed by atoms with Crippen LogP contribution >= 0.6 is 0 Å². The van der Waals surface area contributed by atoms with Gasteiger partial charge < -0.3 is 4.90 Å². The highest BCUT2D eigenvalue weighted by Gasteiger charge is 2.47. The van der Waals surface area contributed by atoms with Gasteiger partial charge in [-0.05, 0) is 108 Å². The SMILES string of the molecule is CC1(C)c2ccccc2-c2ccc(N(c3cccc(-c4ccccc4)c3)c3c4c(cc5c3C(C)(C)c3ccccc3-5)-c3ccccc3C4(C)C)cc21. The molecular formula is C51H43N. The van der Waals surface area contributed by atoms with Crippen LogP contribution in [0.1, 0.15) is 74.9 Å². The minimum atomic E-state index is -0.220. The Labute approximate surface area is 308 Å². The largest absolute Gasteiger partial charge is 0.310 e. The zero-order valence-corrected chi connectivity index (χ0v) is 30.9. The Morgan fingerprint density at radius 2 is 0.788 bits per heavy atom. The molecule has 52 heavy (non-hydrogen) atoms. The molecule has 3 aliphatic carbocycles. The third-order valence-electron chi connectivity index (χ3n) is 12.6. The standard InChI is InChI=1S/C51H43N/c1-49(2)42-24-13-10-21-36(42)39-28-27-35(30-45(39)49)52(34-20-16-19-33(29-34)32-17-8-7-9-18-32)48-46-40(37-22-11-14-25-43(37)50(46,3)4)31-41-38-23-12-15-26-44(38)51(5,6)47(41)48/h7-31H,1-6H3. The van der Waals surface area contributed by atoms with Crippen molar-refractivity contribution in [3.05, 3.63) is 185 Å². The summed E-state index contributed by atoms with van der Waals surface area (Å²) in [4.78, 5) is 2.63. The second-order valence-electron chi connectivity index (χ2n) is 16.6. The first kappa shape index (κ1) is 31.1. The first-order chi connectivity index (χ1) is 25.1. The van der Waals surface area contributed by atoms with Crippen LogP contribution < -0.4 is 4.90 Å². The Balaban J connectivity index is 1.33. The summed E-state index contributed by atoms with van der Waals surface area (Å²) in [5.74, 6) is 0. The predicted molar refractivity (Wildman–Crippen MR) is 219 cm³/mol. The number of nitrogens with zero attached hydrogens (tertiary/aromatic N) is 1. The van der Waals surface area contributed by atoms with Crippen molar-refractivity contribution < 1.29 is 0 Å². The summed E-state index contributed by atoms with van der Waals surface area (Å²) < 4.78 is 0. The lowest BCUT2D eigenvalue weighted by atomic mass is 9.75. The molecule has 1 nitrogen and oxygen atoms in total. The number of hydrogen-bond acceptors (Lipinski definition) is 1. The number of benzene rings is 7. The highest BCUT2D eigenvalue weighted by Crippen LogP contribution is 2.63. The van der Waals surface area contributed by atoms with Crippen molar-refractivity contribution in [2.45, 2.75) is 57.8 Å². The van der Waals surface area contributed by atoms with Gasteiger partial charge in [0.1, 0.15) is 0 Å². The fourth-order valence-corrected chi connectivity index (χ4v) is 10.1. The maximum absolute atomic E-state index is 2.63. The van der Waals surface area contributed by atoms with Crippen LogP contribution in [0.4, 0.5) is 17.1 Å². The van der Waals surface area contributed by atoms with E-state index >= 15 is 0 Å². The molecule has 0 atom stereocenters. The van der Waals surface area contributed by atoms with E-state index in [-0.39, 0.29) is 16.2 Å². The van der Waals surface area contributed by atoms with Crippen LogP contribution in [0.15, 0.2) is 152 Å².